The molecule has 0 radical (unpaired) electrons. The van der Waals surface area contributed by atoms with Crippen LogP contribution in [-0.2, 0) is 9.59 Å². The van der Waals surface area contributed by atoms with E-state index in [0.717, 1.165) is 44.9 Å². The largest absolute Gasteiger partial charge is 0.299 e. The van der Waals surface area contributed by atoms with Gasteiger partial charge in [0, 0.05) is 18.3 Å². The smallest absolute Gasteiger partial charge is 0.174 e. The molecule has 22 heavy (non-hydrogen) atoms. The van der Waals surface area contributed by atoms with Gasteiger partial charge in [-0.25, -0.2) is 0 Å². The fraction of sp³-hybridized carbons (Fsp3) is 0.789. The summed E-state index contributed by atoms with van der Waals surface area (Å²) in [7, 11) is 0. The predicted octanol–water partition coefficient (Wildman–Crippen LogP) is 4.65. The van der Waals surface area contributed by atoms with E-state index < -0.39 is 0 Å². The van der Waals surface area contributed by atoms with Crippen LogP contribution in [0.3, 0.4) is 0 Å². The number of carbonyl (C=O) groups excluding carboxylic acids is 2. The average Bonchev–Trinajstić information content (AvgIpc) is 2.79. The number of halogens is 1. The van der Waals surface area contributed by atoms with E-state index in [9.17, 15) is 9.59 Å². The molecule has 0 saturated heterocycles. The number of rotatable bonds is 0. The summed E-state index contributed by atoms with van der Waals surface area (Å²) in [4.78, 5) is 24.4. The highest BCUT2D eigenvalue weighted by atomic mass is 35.5. The van der Waals surface area contributed by atoms with E-state index in [0.29, 0.717) is 35.0 Å². The van der Waals surface area contributed by atoms with Crippen molar-refractivity contribution < 1.29 is 9.59 Å². The van der Waals surface area contributed by atoms with Crippen LogP contribution in [0.4, 0.5) is 0 Å². The summed E-state index contributed by atoms with van der Waals surface area (Å²) >= 11 is 6.40. The molecule has 4 aliphatic carbocycles. The Morgan fingerprint density at radius 1 is 0.909 bits per heavy atom. The number of hydrogen-bond acceptors (Lipinski definition) is 2. The fourth-order valence-electron chi connectivity index (χ4n) is 6.42. The Labute approximate surface area is 137 Å². The van der Waals surface area contributed by atoms with Gasteiger partial charge in [-0.3, -0.25) is 9.59 Å². The molecule has 0 aromatic carbocycles. The van der Waals surface area contributed by atoms with Crippen LogP contribution >= 0.6 is 11.6 Å². The molecule has 0 spiro atoms. The summed E-state index contributed by atoms with van der Waals surface area (Å²) < 4.78 is 0. The average molecular weight is 321 g/mol. The lowest BCUT2D eigenvalue weighted by molar-refractivity contribution is -0.132. The second-order valence-corrected chi connectivity index (χ2v) is 8.84. The van der Waals surface area contributed by atoms with E-state index >= 15 is 0 Å². The molecule has 0 amide bonds. The third-order valence-corrected chi connectivity index (χ3v) is 8.20. The van der Waals surface area contributed by atoms with Gasteiger partial charge in [0.2, 0.25) is 0 Å². The van der Waals surface area contributed by atoms with Crippen molar-refractivity contribution in [2.24, 2.45) is 28.6 Å². The highest BCUT2D eigenvalue weighted by Crippen LogP contribution is 2.65. The first-order valence-corrected chi connectivity index (χ1v) is 9.21. The van der Waals surface area contributed by atoms with Gasteiger partial charge in [0.05, 0.1) is 5.03 Å². The minimum Gasteiger partial charge on any atom is -0.299 e. The fourth-order valence-corrected chi connectivity index (χ4v) is 6.83. The van der Waals surface area contributed by atoms with Gasteiger partial charge in [0.25, 0.3) is 0 Å². The van der Waals surface area contributed by atoms with Crippen LogP contribution in [0.2, 0.25) is 0 Å². The van der Waals surface area contributed by atoms with Crippen molar-refractivity contribution in [2.75, 3.05) is 0 Å². The number of hydrogen-bond donors (Lipinski definition) is 0. The second-order valence-electron chi connectivity index (χ2n) is 8.47. The van der Waals surface area contributed by atoms with Gasteiger partial charge in [-0.05, 0) is 67.3 Å². The lowest BCUT2D eigenvalue weighted by Crippen LogP contribution is -2.50. The van der Waals surface area contributed by atoms with E-state index in [-0.39, 0.29) is 16.6 Å². The molecular weight excluding hydrogens is 296 g/mol. The molecule has 0 aromatic rings. The van der Waals surface area contributed by atoms with Crippen LogP contribution in [0.15, 0.2) is 10.6 Å². The molecule has 3 heteroatoms. The van der Waals surface area contributed by atoms with Gasteiger partial charge in [-0.1, -0.05) is 25.4 Å². The normalized spacial score (nSPS) is 48.0. The van der Waals surface area contributed by atoms with Gasteiger partial charge in [0.15, 0.2) is 5.78 Å². The molecule has 2 nitrogen and oxygen atoms in total. The van der Waals surface area contributed by atoms with Gasteiger partial charge in [-0.15, -0.1) is 0 Å². The topological polar surface area (TPSA) is 34.1 Å². The molecule has 0 unspecified atom stereocenters. The minimum atomic E-state index is -0.0625. The van der Waals surface area contributed by atoms with Crippen molar-refractivity contribution in [1.29, 1.82) is 0 Å². The number of fused-ring (bicyclic) bond motifs is 5. The number of Topliss-reactive ketones (excluding diaryl/α,β-unsaturated/α-hetero) is 2. The molecule has 120 valence electrons. The first kappa shape index (κ1) is 14.9. The molecule has 3 saturated carbocycles. The Morgan fingerprint density at radius 2 is 1.64 bits per heavy atom. The van der Waals surface area contributed by atoms with Crippen molar-refractivity contribution >= 4 is 23.2 Å². The first-order chi connectivity index (χ1) is 10.4. The van der Waals surface area contributed by atoms with Crippen LogP contribution < -0.4 is 0 Å². The molecule has 4 aliphatic rings. The molecule has 3 fully saturated rings. The molecule has 0 aliphatic heterocycles. The Morgan fingerprint density at radius 3 is 2.41 bits per heavy atom. The quantitative estimate of drug-likeness (QED) is 0.651. The number of ketones is 2. The summed E-state index contributed by atoms with van der Waals surface area (Å²) in [6.07, 6.45) is 7.66. The predicted molar refractivity (Wildman–Crippen MR) is 86.5 cm³/mol. The zero-order valence-corrected chi connectivity index (χ0v) is 14.3. The van der Waals surface area contributed by atoms with Crippen LogP contribution in [0, 0.1) is 28.6 Å². The molecule has 0 bridgehead atoms. The summed E-state index contributed by atoms with van der Waals surface area (Å²) in [6.45, 7) is 4.56. The van der Waals surface area contributed by atoms with Gasteiger partial charge in [0.1, 0.15) is 5.78 Å². The third kappa shape index (κ3) is 1.74. The Hall–Kier alpha value is -0.630. The number of allylic oxidation sites excluding steroid dienone is 1. The van der Waals surface area contributed by atoms with Crippen molar-refractivity contribution in [3.8, 4) is 0 Å². The molecular formula is C19H25ClO2. The van der Waals surface area contributed by atoms with Crippen molar-refractivity contribution in [3.63, 3.8) is 0 Å². The maximum absolute atomic E-state index is 12.4. The first-order valence-electron chi connectivity index (χ1n) is 8.83. The summed E-state index contributed by atoms with van der Waals surface area (Å²) in [5.74, 6) is 2.47. The zero-order chi connectivity index (χ0) is 15.7. The third-order valence-electron chi connectivity index (χ3n) is 7.76. The van der Waals surface area contributed by atoms with Gasteiger partial charge >= 0.3 is 0 Å². The molecule has 0 aromatic heterocycles. The Bertz CT molecular complexity index is 592. The van der Waals surface area contributed by atoms with E-state index in [4.69, 9.17) is 11.6 Å². The zero-order valence-electron chi connectivity index (χ0n) is 13.6. The van der Waals surface area contributed by atoms with E-state index in [1.54, 1.807) is 0 Å². The monoisotopic (exact) mass is 320 g/mol. The molecule has 5 atom stereocenters. The SMILES string of the molecule is C[C@]12CCC(=O)C(Cl)=C1CC[C@@H]1[C@@H]2CC[C@]2(C)C(=O)CC[C@@H]12. The van der Waals surface area contributed by atoms with Crippen LogP contribution in [0.1, 0.15) is 65.2 Å². The Balaban J connectivity index is 1.73. The van der Waals surface area contributed by atoms with Gasteiger partial charge < -0.3 is 0 Å². The van der Waals surface area contributed by atoms with E-state index in [1.165, 1.54) is 5.57 Å². The highest BCUT2D eigenvalue weighted by molar-refractivity contribution is 6.43. The Kier molecular flexibility index (Phi) is 3.18. The van der Waals surface area contributed by atoms with Crippen LogP contribution in [0.25, 0.3) is 0 Å². The maximum atomic E-state index is 12.4. The molecule has 4 rings (SSSR count). The van der Waals surface area contributed by atoms with E-state index in [2.05, 4.69) is 13.8 Å². The summed E-state index contributed by atoms with van der Waals surface area (Å²) in [5.41, 5.74) is 1.27. The second kappa shape index (κ2) is 4.69. The van der Waals surface area contributed by atoms with Gasteiger partial charge in [-0.2, -0.15) is 0 Å². The summed E-state index contributed by atoms with van der Waals surface area (Å²) in [5, 5.41) is 0.544. The minimum absolute atomic E-state index is 0.0625. The maximum Gasteiger partial charge on any atom is 0.174 e. The van der Waals surface area contributed by atoms with Crippen molar-refractivity contribution in [2.45, 2.75) is 65.2 Å². The van der Waals surface area contributed by atoms with Crippen molar-refractivity contribution in [3.05, 3.63) is 10.6 Å². The molecule has 0 N–H and O–H groups in total. The summed E-state index contributed by atoms with van der Waals surface area (Å²) in [6, 6.07) is 0. The number of carbonyl (C=O) groups is 2. The van der Waals surface area contributed by atoms with Crippen molar-refractivity contribution in [1.82, 2.24) is 0 Å². The van der Waals surface area contributed by atoms with Crippen LogP contribution in [0.5, 0.6) is 0 Å². The molecule has 0 heterocycles. The van der Waals surface area contributed by atoms with E-state index in [1.807, 2.05) is 0 Å². The van der Waals surface area contributed by atoms with Crippen LogP contribution in [-0.4, -0.2) is 11.6 Å². The lowest BCUT2D eigenvalue weighted by Gasteiger charge is -2.57. The standard InChI is InChI=1S/C19H25ClO2/c1-18-10-8-15(21)17(20)14(18)4-3-11-12-5-6-16(22)19(12,2)9-7-13(11)18/h11-13H,3-10H2,1-2H3/t11-,12-,13-,18+,19-/m0/s1. The lowest BCUT2D eigenvalue weighted by atomic mass is 9.47. The highest BCUT2D eigenvalue weighted by Gasteiger charge is 2.59.